The summed E-state index contributed by atoms with van der Waals surface area (Å²) < 4.78 is 0. The van der Waals surface area contributed by atoms with Gasteiger partial charge in [-0.25, -0.2) is 4.98 Å². The van der Waals surface area contributed by atoms with Crippen LogP contribution in [-0.2, 0) is 0 Å². The largest absolute Gasteiger partial charge is 0.364 e. The van der Waals surface area contributed by atoms with E-state index >= 15 is 0 Å². The van der Waals surface area contributed by atoms with E-state index in [2.05, 4.69) is 15.2 Å². The number of hydrogen-bond donors (Lipinski definition) is 1. The Labute approximate surface area is 123 Å². The minimum absolute atomic E-state index is 0.0348. The van der Waals surface area contributed by atoms with E-state index in [1.54, 1.807) is 0 Å². The van der Waals surface area contributed by atoms with Gasteiger partial charge in [0.2, 0.25) is 5.82 Å². The molecule has 1 fully saturated rings. The molecule has 0 spiro atoms. The molecule has 0 bridgehead atoms. The number of likely N-dealkylation sites (tertiary alicyclic amines) is 1. The zero-order valence-electron chi connectivity index (χ0n) is 11.3. The monoisotopic (exact) mass is 298 g/mol. The van der Waals surface area contributed by atoms with Crippen LogP contribution in [0.4, 0.5) is 11.5 Å². The second-order valence-corrected chi connectivity index (χ2v) is 5.33. The van der Waals surface area contributed by atoms with Gasteiger partial charge in [0.25, 0.3) is 0 Å². The molecule has 0 radical (unpaired) electrons. The normalized spacial score (nSPS) is 16.1. The summed E-state index contributed by atoms with van der Waals surface area (Å²) in [5.41, 5.74) is -0.0348. The van der Waals surface area contributed by atoms with Crippen LogP contribution in [-0.4, -0.2) is 41.0 Å². The maximum atomic E-state index is 10.9. The van der Waals surface area contributed by atoms with Crippen LogP contribution >= 0.6 is 11.6 Å². The van der Waals surface area contributed by atoms with Crippen molar-refractivity contribution in [3.8, 4) is 0 Å². The Morgan fingerprint density at radius 2 is 2.10 bits per heavy atom. The van der Waals surface area contributed by atoms with E-state index in [-0.39, 0.29) is 16.7 Å². The second kappa shape index (κ2) is 7.40. The fourth-order valence-corrected chi connectivity index (χ4v) is 2.55. The number of pyridine rings is 1. The number of aromatic nitrogens is 1. The third-order valence-corrected chi connectivity index (χ3v) is 3.64. The number of rotatable bonds is 6. The number of anilines is 1. The molecule has 2 rings (SSSR count). The average molecular weight is 299 g/mol. The van der Waals surface area contributed by atoms with Crippen molar-refractivity contribution in [3.63, 3.8) is 0 Å². The van der Waals surface area contributed by atoms with Crippen molar-refractivity contribution in [2.75, 3.05) is 31.5 Å². The third-order valence-electron chi connectivity index (χ3n) is 3.43. The molecule has 1 aliphatic heterocycles. The molecule has 0 aliphatic carbocycles. The zero-order chi connectivity index (χ0) is 14.4. The number of nitrogens with zero attached hydrogens (tertiary/aromatic N) is 3. The summed E-state index contributed by atoms with van der Waals surface area (Å²) in [5, 5.41) is 14.2. The van der Waals surface area contributed by atoms with E-state index in [1.165, 1.54) is 31.4 Å². The summed E-state index contributed by atoms with van der Waals surface area (Å²) in [4.78, 5) is 16.9. The Kier molecular flexibility index (Phi) is 5.55. The molecular formula is C13H19ClN4O2. The van der Waals surface area contributed by atoms with Crippen molar-refractivity contribution in [2.24, 2.45) is 0 Å². The first-order valence-corrected chi connectivity index (χ1v) is 7.32. The number of halogens is 1. The molecule has 7 heteroatoms. The molecule has 6 nitrogen and oxygen atoms in total. The number of piperidine rings is 1. The molecule has 20 heavy (non-hydrogen) atoms. The standard InChI is InChI=1S/C13H19ClN4O2/c14-12-6-5-11(18(19)20)13(16-12)15-7-4-10-17-8-2-1-3-9-17/h5-6H,1-4,7-10H2,(H,15,16). The number of hydrogen-bond acceptors (Lipinski definition) is 5. The van der Waals surface area contributed by atoms with Crippen molar-refractivity contribution in [2.45, 2.75) is 25.7 Å². The average Bonchev–Trinajstić information content (AvgIpc) is 2.44. The van der Waals surface area contributed by atoms with Crippen LogP contribution in [0, 0.1) is 10.1 Å². The molecule has 1 aliphatic rings. The van der Waals surface area contributed by atoms with Crippen LogP contribution < -0.4 is 5.32 Å². The van der Waals surface area contributed by atoms with Gasteiger partial charge in [-0.2, -0.15) is 0 Å². The van der Waals surface area contributed by atoms with Crippen molar-refractivity contribution in [1.29, 1.82) is 0 Å². The van der Waals surface area contributed by atoms with E-state index in [0.717, 1.165) is 26.1 Å². The van der Waals surface area contributed by atoms with E-state index in [9.17, 15) is 10.1 Å². The number of nitrogens with one attached hydrogen (secondary N) is 1. The Morgan fingerprint density at radius 1 is 1.35 bits per heavy atom. The molecule has 1 aromatic rings. The summed E-state index contributed by atoms with van der Waals surface area (Å²) in [7, 11) is 0. The number of nitro groups is 1. The first-order valence-electron chi connectivity index (χ1n) is 6.94. The molecule has 2 heterocycles. The Hall–Kier alpha value is -1.40. The van der Waals surface area contributed by atoms with E-state index in [4.69, 9.17) is 11.6 Å². The lowest BCUT2D eigenvalue weighted by Crippen LogP contribution is -2.31. The lowest BCUT2D eigenvalue weighted by atomic mass is 10.1. The molecule has 1 N–H and O–H groups in total. The molecule has 0 amide bonds. The maximum absolute atomic E-state index is 10.9. The summed E-state index contributed by atoms with van der Waals surface area (Å²) in [5.74, 6) is 0.251. The SMILES string of the molecule is O=[N+]([O-])c1ccc(Cl)nc1NCCCN1CCCCC1. The molecule has 0 unspecified atom stereocenters. The fourth-order valence-electron chi connectivity index (χ4n) is 2.40. The van der Waals surface area contributed by atoms with Gasteiger partial charge in [0.05, 0.1) is 4.92 Å². The first-order chi connectivity index (χ1) is 9.66. The second-order valence-electron chi connectivity index (χ2n) is 4.94. The van der Waals surface area contributed by atoms with Gasteiger partial charge in [0, 0.05) is 12.6 Å². The lowest BCUT2D eigenvalue weighted by Gasteiger charge is -2.26. The molecule has 0 saturated carbocycles. The van der Waals surface area contributed by atoms with Crippen LogP contribution in [0.15, 0.2) is 12.1 Å². The van der Waals surface area contributed by atoms with Crippen LogP contribution in [0.3, 0.4) is 0 Å². The zero-order valence-corrected chi connectivity index (χ0v) is 12.1. The van der Waals surface area contributed by atoms with Crippen molar-refractivity contribution in [1.82, 2.24) is 9.88 Å². The minimum atomic E-state index is -0.448. The van der Waals surface area contributed by atoms with Crippen molar-refractivity contribution < 1.29 is 4.92 Å². The van der Waals surface area contributed by atoms with Crippen LogP contribution in [0.5, 0.6) is 0 Å². The third kappa shape index (κ3) is 4.31. The van der Waals surface area contributed by atoms with Crippen LogP contribution in [0.25, 0.3) is 0 Å². The Bertz CT molecular complexity index is 464. The van der Waals surface area contributed by atoms with Gasteiger partial charge in [-0.15, -0.1) is 0 Å². The summed E-state index contributed by atoms with van der Waals surface area (Å²) in [6, 6.07) is 2.81. The van der Waals surface area contributed by atoms with E-state index < -0.39 is 4.92 Å². The van der Waals surface area contributed by atoms with Gasteiger partial charge in [-0.3, -0.25) is 10.1 Å². The maximum Gasteiger partial charge on any atom is 0.311 e. The van der Waals surface area contributed by atoms with Crippen molar-refractivity contribution >= 4 is 23.1 Å². The summed E-state index contributed by atoms with van der Waals surface area (Å²) >= 11 is 5.77. The van der Waals surface area contributed by atoms with Crippen LogP contribution in [0.1, 0.15) is 25.7 Å². The quantitative estimate of drug-likeness (QED) is 0.378. The van der Waals surface area contributed by atoms with Crippen LogP contribution in [0.2, 0.25) is 5.15 Å². The molecule has 0 aromatic carbocycles. The van der Waals surface area contributed by atoms with Crippen molar-refractivity contribution in [3.05, 3.63) is 27.4 Å². The van der Waals surface area contributed by atoms with Gasteiger partial charge >= 0.3 is 5.69 Å². The minimum Gasteiger partial charge on any atom is -0.364 e. The fraction of sp³-hybridized carbons (Fsp3) is 0.615. The molecule has 110 valence electrons. The predicted molar refractivity (Wildman–Crippen MR) is 79.3 cm³/mol. The highest BCUT2D eigenvalue weighted by molar-refractivity contribution is 6.29. The first kappa shape index (κ1) is 15.0. The summed E-state index contributed by atoms with van der Waals surface area (Å²) in [6.07, 6.45) is 4.81. The molecule has 1 saturated heterocycles. The summed E-state index contributed by atoms with van der Waals surface area (Å²) in [6.45, 7) is 4.00. The highest BCUT2D eigenvalue weighted by atomic mass is 35.5. The topological polar surface area (TPSA) is 71.3 Å². The highest BCUT2D eigenvalue weighted by Crippen LogP contribution is 2.23. The predicted octanol–water partition coefficient (Wildman–Crippen LogP) is 2.93. The smallest absolute Gasteiger partial charge is 0.311 e. The van der Waals surface area contributed by atoms with E-state index in [0.29, 0.717) is 6.54 Å². The van der Waals surface area contributed by atoms with E-state index in [1.807, 2.05) is 0 Å². The van der Waals surface area contributed by atoms with Gasteiger partial charge in [0.1, 0.15) is 5.15 Å². The Balaban J connectivity index is 1.81. The lowest BCUT2D eigenvalue weighted by molar-refractivity contribution is -0.384. The van der Waals surface area contributed by atoms with Gasteiger partial charge in [-0.05, 0) is 45.0 Å². The molecule has 0 atom stereocenters. The van der Waals surface area contributed by atoms with Gasteiger partial charge in [0.15, 0.2) is 0 Å². The molecular weight excluding hydrogens is 280 g/mol. The Morgan fingerprint density at radius 3 is 2.80 bits per heavy atom. The highest BCUT2D eigenvalue weighted by Gasteiger charge is 2.15. The van der Waals surface area contributed by atoms with Gasteiger partial charge < -0.3 is 10.2 Å². The van der Waals surface area contributed by atoms with Gasteiger partial charge in [-0.1, -0.05) is 18.0 Å². The molecule has 1 aromatic heterocycles.